The predicted octanol–water partition coefficient (Wildman–Crippen LogP) is 5.16. The number of carbonyl (C=O) groups excluding carboxylic acids is 1. The fourth-order valence-corrected chi connectivity index (χ4v) is 6.12. The number of phenols is 1. The maximum absolute atomic E-state index is 12.8. The van der Waals surface area contributed by atoms with E-state index in [1.54, 1.807) is 17.8 Å². The molecule has 6 nitrogen and oxygen atoms in total. The van der Waals surface area contributed by atoms with Gasteiger partial charge in [0, 0.05) is 36.9 Å². The minimum Gasteiger partial charge on any atom is -0.507 e. The van der Waals surface area contributed by atoms with Crippen molar-refractivity contribution in [3.8, 4) is 17.1 Å². The second kappa shape index (κ2) is 9.23. The molecule has 5 rings (SSSR count). The second-order valence-corrected chi connectivity index (χ2v) is 10.8. The molecule has 0 radical (unpaired) electrons. The molecule has 1 aromatic heterocycles. The van der Waals surface area contributed by atoms with Crippen molar-refractivity contribution >= 4 is 17.5 Å². The normalized spacial score (nSPS) is 21.5. The third-order valence-corrected chi connectivity index (χ3v) is 8.43. The van der Waals surface area contributed by atoms with E-state index in [0.717, 1.165) is 61.1 Å². The number of carbonyl (C=O) groups is 1. The Kier molecular flexibility index (Phi) is 6.36. The van der Waals surface area contributed by atoms with Crippen LogP contribution in [-0.2, 0) is 18.6 Å². The van der Waals surface area contributed by atoms with Crippen LogP contribution >= 0.6 is 11.8 Å². The molecular weight excluding hydrogens is 489 g/mol. The molecule has 1 aliphatic carbocycles. The summed E-state index contributed by atoms with van der Waals surface area (Å²) >= 11 is 1.58. The minimum absolute atomic E-state index is 0.0389. The van der Waals surface area contributed by atoms with Gasteiger partial charge in [-0.25, -0.2) is 0 Å². The third kappa shape index (κ3) is 4.64. The van der Waals surface area contributed by atoms with Crippen molar-refractivity contribution in [1.82, 2.24) is 19.7 Å². The molecule has 2 fully saturated rings. The highest BCUT2D eigenvalue weighted by Crippen LogP contribution is 2.59. The Bertz CT molecular complexity index is 1290. The number of benzene rings is 2. The lowest BCUT2D eigenvalue weighted by atomic mass is 9.92. The number of nitrogens with zero attached hydrogens (tertiary/aromatic N) is 4. The van der Waals surface area contributed by atoms with E-state index in [1.165, 1.54) is 19.1 Å². The molecule has 1 aliphatic heterocycles. The Labute approximate surface area is 211 Å². The smallest absolute Gasteiger partial charge is 0.416 e. The molecule has 2 aliphatic rings. The van der Waals surface area contributed by atoms with E-state index < -0.39 is 11.7 Å². The number of rotatable bonds is 8. The van der Waals surface area contributed by atoms with Crippen molar-refractivity contribution in [2.24, 2.45) is 13.0 Å². The number of aromatic hydroxyl groups is 1. The topological polar surface area (TPSA) is 71.2 Å². The second-order valence-electron chi connectivity index (χ2n) is 9.72. The van der Waals surface area contributed by atoms with Gasteiger partial charge in [-0.3, -0.25) is 4.79 Å². The maximum atomic E-state index is 12.8. The Hall–Kier alpha value is -2.85. The van der Waals surface area contributed by atoms with E-state index in [2.05, 4.69) is 15.1 Å². The van der Waals surface area contributed by atoms with Crippen LogP contribution in [0.25, 0.3) is 11.4 Å². The van der Waals surface area contributed by atoms with E-state index in [1.807, 2.05) is 23.7 Å². The minimum atomic E-state index is -4.36. The summed E-state index contributed by atoms with van der Waals surface area (Å²) in [6.07, 6.45) is -2.28. The fourth-order valence-electron chi connectivity index (χ4n) is 5.28. The largest absolute Gasteiger partial charge is 0.507 e. The summed E-state index contributed by atoms with van der Waals surface area (Å²) in [6, 6.07) is 10.4. The zero-order valence-corrected chi connectivity index (χ0v) is 20.9. The van der Waals surface area contributed by atoms with E-state index in [-0.39, 0.29) is 16.9 Å². The molecule has 2 heterocycles. The van der Waals surface area contributed by atoms with E-state index in [4.69, 9.17) is 0 Å². The summed E-state index contributed by atoms with van der Waals surface area (Å²) in [7, 11) is 1.82. The van der Waals surface area contributed by atoms with Crippen LogP contribution in [0.4, 0.5) is 13.2 Å². The van der Waals surface area contributed by atoms with Crippen LogP contribution in [0.3, 0.4) is 0 Å². The van der Waals surface area contributed by atoms with Crippen molar-refractivity contribution in [3.63, 3.8) is 0 Å². The monoisotopic (exact) mass is 516 g/mol. The molecule has 36 heavy (non-hydrogen) atoms. The summed E-state index contributed by atoms with van der Waals surface area (Å²) in [6.45, 7) is 4.41. The highest BCUT2D eigenvalue weighted by atomic mass is 32.2. The Balaban J connectivity index is 1.14. The Morgan fingerprint density at radius 2 is 1.94 bits per heavy atom. The number of ketones is 1. The molecule has 190 valence electrons. The van der Waals surface area contributed by atoms with Gasteiger partial charge in [0.15, 0.2) is 16.8 Å². The van der Waals surface area contributed by atoms with Crippen LogP contribution in [0.1, 0.15) is 41.3 Å². The summed E-state index contributed by atoms with van der Waals surface area (Å²) in [5, 5.41) is 19.1. The number of alkyl halides is 3. The third-order valence-electron chi connectivity index (χ3n) is 7.32. The molecule has 0 spiro atoms. The molecule has 2 aromatic carbocycles. The lowest BCUT2D eigenvalue weighted by Crippen LogP contribution is -2.28. The van der Waals surface area contributed by atoms with Gasteiger partial charge in [0.1, 0.15) is 5.75 Å². The first-order valence-corrected chi connectivity index (χ1v) is 12.8. The number of fused-ring (bicyclic) bond motifs is 1. The lowest BCUT2D eigenvalue weighted by molar-refractivity contribution is -0.137. The molecule has 3 aromatic rings. The maximum Gasteiger partial charge on any atom is 0.416 e. The van der Waals surface area contributed by atoms with Crippen molar-refractivity contribution in [2.45, 2.75) is 36.5 Å². The van der Waals surface area contributed by atoms with Crippen LogP contribution in [0.15, 0.2) is 47.6 Å². The fraction of sp³-hybridized carbons (Fsp3) is 0.423. The number of aromatic nitrogens is 3. The van der Waals surface area contributed by atoms with E-state index >= 15 is 0 Å². The van der Waals surface area contributed by atoms with Gasteiger partial charge in [-0.2, -0.15) is 13.2 Å². The SMILES string of the molecule is CC(=O)c1cc(C23C[C@@H]2CN(CCCSc2nnc(-c4ccc(C(F)(F)F)cc4)n2C)C3)ccc1O. The van der Waals surface area contributed by atoms with Gasteiger partial charge in [0.05, 0.1) is 11.1 Å². The quantitative estimate of drug-likeness (QED) is 0.253. The molecule has 10 heteroatoms. The number of Topliss-reactive ketones (excluding diaryl/α,β-unsaturated/α-hetero) is 1. The molecule has 1 unspecified atom stereocenters. The van der Waals surface area contributed by atoms with E-state index in [0.29, 0.717) is 22.9 Å². The molecule has 1 saturated heterocycles. The first-order valence-electron chi connectivity index (χ1n) is 11.8. The first kappa shape index (κ1) is 24.8. The van der Waals surface area contributed by atoms with Gasteiger partial charge in [0.25, 0.3) is 0 Å². The van der Waals surface area contributed by atoms with Gasteiger partial charge in [-0.05, 0) is 62.1 Å². The number of halogens is 3. The van der Waals surface area contributed by atoms with Crippen LogP contribution in [0.2, 0.25) is 0 Å². The van der Waals surface area contributed by atoms with Crippen molar-refractivity contribution in [1.29, 1.82) is 0 Å². The average Bonchev–Trinajstić information content (AvgIpc) is 3.21. The zero-order chi connectivity index (χ0) is 25.7. The molecule has 1 saturated carbocycles. The summed E-state index contributed by atoms with van der Waals surface area (Å²) in [4.78, 5) is 14.3. The van der Waals surface area contributed by atoms with Gasteiger partial charge in [-0.15, -0.1) is 10.2 Å². The number of hydrogen-bond acceptors (Lipinski definition) is 6. The molecule has 0 bridgehead atoms. The molecular formula is C26H27F3N4O2S. The van der Waals surface area contributed by atoms with Gasteiger partial charge >= 0.3 is 6.18 Å². The number of thioether (sulfide) groups is 1. The molecule has 2 atom stereocenters. The standard InChI is InChI=1S/C26H27F3N4O2S/c1-16(34)21-12-19(8-9-22(21)35)25-13-20(25)14-33(15-25)10-3-11-36-24-31-30-23(32(24)2)17-4-6-18(7-5-17)26(27,28)29/h4-9,12,20,35H,3,10-11,13-15H2,1-2H3/t20-,25?/m1/s1. The highest BCUT2D eigenvalue weighted by molar-refractivity contribution is 7.99. The predicted molar refractivity (Wildman–Crippen MR) is 131 cm³/mol. The number of hydrogen-bond donors (Lipinski definition) is 1. The molecule has 1 N–H and O–H groups in total. The average molecular weight is 517 g/mol. The molecule has 0 amide bonds. The summed E-state index contributed by atoms with van der Waals surface area (Å²) in [5.41, 5.74) is 1.53. The number of likely N-dealkylation sites (tertiary alicyclic amines) is 1. The summed E-state index contributed by atoms with van der Waals surface area (Å²) in [5.74, 6) is 1.88. The number of piperidine rings is 1. The first-order chi connectivity index (χ1) is 17.1. The van der Waals surface area contributed by atoms with Crippen molar-refractivity contribution in [2.75, 3.05) is 25.4 Å². The zero-order valence-electron chi connectivity index (χ0n) is 20.0. The van der Waals surface area contributed by atoms with Gasteiger partial charge in [0.2, 0.25) is 0 Å². The van der Waals surface area contributed by atoms with Crippen LogP contribution < -0.4 is 0 Å². The Morgan fingerprint density at radius 1 is 1.19 bits per heavy atom. The number of phenolic OH excluding ortho intramolecular Hbond substituents is 1. The van der Waals surface area contributed by atoms with Crippen molar-refractivity contribution in [3.05, 3.63) is 59.2 Å². The lowest BCUT2D eigenvalue weighted by Gasteiger charge is -2.21. The van der Waals surface area contributed by atoms with Crippen LogP contribution in [-0.4, -0.2) is 55.9 Å². The summed E-state index contributed by atoms with van der Waals surface area (Å²) < 4.78 is 40.3. The van der Waals surface area contributed by atoms with Gasteiger partial charge < -0.3 is 14.6 Å². The van der Waals surface area contributed by atoms with Crippen LogP contribution in [0.5, 0.6) is 5.75 Å². The van der Waals surface area contributed by atoms with E-state index in [9.17, 15) is 23.1 Å². The highest BCUT2D eigenvalue weighted by Gasteiger charge is 2.60. The Morgan fingerprint density at radius 3 is 2.64 bits per heavy atom. The van der Waals surface area contributed by atoms with Gasteiger partial charge in [-0.1, -0.05) is 30.0 Å². The van der Waals surface area contributed by atoms with Crippen LogP contribution in [0, 0.1) is 5.92 Å². The van der Waals surface area contributed by atoms with Crippen molar-refractivity contribution < 1.29 is 23.1 Å².